The monoisotopic (exact) mass is 425 g/mol. The Morgan fingerprint density at radius 1 is 1.11 bits per heavy atom. The molecule has 1 saturated heterocycles. The molecule has 3 rings (SSSR count). The number of rotatable bonds is 6. The van der Waals surface area contributed by atoms with E-state index in [1.54, 1.807) is 17.8 Å². The summed E-state index contributed by atoms with van der Waals surface area (Å²) in [4.78, 5) is 16.4. The smallest absolute Gasteiger partial charge is 0.252 e. The number of amides is 1. The highest BCUT2D eigenvalue weighted by atomic mass is 32.2. The van der Waals surface area contributed by atoms with Crippen molar-refractivity contribution >= 4 is 44.7 Å². The second-order valence-electron chi connectivity index (χ2n) is 6.32. The fourth-order valence-corrected chi connectivity index (χ4v) is 6.15. The van der Waals surface area contributed by atoms with Gasteiger partial charge in [0, 0.05) is 41.6 Å². The number of nitrogens with zero attached hydrogens (tertiary/aromatic N) is 2. The molecule has 27 heavy (non-hydrogen) atoms. The van der Waals surface area contributed by atoms with E-state index >= 15 is 0 Å². The van der Waals surface area contributed by atoms with Gasteiger partial charge in [0.2, 0.25) is 5.91 Å². The van der Waals surface area contributed by atoms with Gasteiger partial charge in [-0.3, -0.25) is 9.69 Å². The van der Waals surface area contributed by atoms with Crippen molar-refractivity contribution in [2.75, 3.05) is 44.3 Å². The average molecular weight is 426 g/mol. The number of sulfonamides is 1. The summed E-state index contributed by atoms with van der Waals surface area (Å²) in [5.41, 5.74) is 0.770. The first-order valence-electron chi connectivity index (χ1n) is 8.61. The zero-order valence-electron chi connectivity index (χ0n) is 15.3. The van der Waals surface area contributed by atoms with Gasteiger partial charge in [-0.05, 0) is 49.6 Å². The average Bonchev–Trinajstić information content (AvgIpc) is 3.10. The molecule has 0 aliphatic carbocycles. The third-order valence-corrected chi connectivity index (χ3v) is 8.49. The molecule has 1 fully saturated rings. The lowest BCUT2D eigenvalue weighted by Gasteiger charge is -2.33. The number of carbonyl (C=O) groups excluding carboxylic acids is 1. The van der Waals surface area contributed by atoms with Gasteiger partial charge < -0.3 is 5.32 Å². The predicted octanol–water partition coefficient (Wildman–Crippen LogP) is 2.72. The first-order valence-corrected chi connectivity index (χ1v) is 12.1. The SMILES string of the molecule is CSc1ccc(NC(=O)CN2CCN(S(=O)(=O)c3ccc(C)s3)CC2)cc1. The second-order valence-corrected chi connectivity index (χ2v) is 10.7. The molecule has 9 heteroatoms. The highest BCUT2D eigenvalue weighted by Crippen LogP contribution is 2.25. The maximum Gasteiger partial charge on any atom is 0.252 e. The third-order valence-electron chi connectivity index (χ3n) is 4.38. The molecule has 6 nitrogen and oxygen atoms in total. The topological polar surface area (TPSA) is 69.7 Å². The molecule has 0 spiro atoms. The molecule has 146 valence electrons. The number of piperazine rings is 1. The van der Waals surface area contributed by atoms with Crippen molar-refractivity contribution < 1.29 is 13.2 Å². The number of thioether (sulfide) groups is 1. The van der Waals surface area contributed by atoms with Gasteiger partial charge in [0.25, 0.3) is 10.0 Å². The highest BCUT2D eigenvalue weighted by Gasteiger charge is 2.30. The van der Waals surface area contributed by atoms with E-state index in [2.05, 4.69) is 5.32 Å². The number of carbonyl (C=O) groups is 1. The maximum absolute atomic E-state index is 12.7. The summed E-state index contributed by atoms with van der Waals surface area (Å²) in [6.07, 6.45) is 2.01. The molecule has 2 heterocycles. The minimum absolute atomic E-state index is 0.0860. The first-order chi connectivity index (χ1) is 12.9. The number of nitrogens with one attached hydrogen (secondary N) is 1. The Hall–Kier alpha value is -1.39. The number of thiophene rings is 1. The molecule has 0 bridgehead atoms. The van der Waals surface area contributed by atoms with Gasteiger partial charge in [0.05, 0.1) is 6.54 Å². The van der Waals surface area contributed by atoms with Crippen LogP contribution in [0.15, 0.2) is 45.5 Å². The van der Waals surface area contributed by atoms with Crippen LogP contribution in [0.25, 0.3) is 0 Å². The van der Waals surface area contributed by atoms with E-state index in [1.165, 1.54) is 15.6 Å². The fourth-order valence-electron chi connectivity index (χ4n) is 2.88. The van der Waals surface area contributed by atoms with Crippen molar-refractivity contribution in [3.63, 3.8) is 0 Å². The molecule has 0 radical (unpaired) electrons. The minimum Gasteiger partial charge on any atom is -0.325 e. The van der Waals surface area contributed by atoms with E-state index in [4.69, 9.17) is 0 Å². The molecule has 0 atom stereocenters. The van der Waals surface area contributed by atoms with E-state index in [-0.39, 0.29) is 12.5 Å². The van der Waals surface area contributed by atoms with Crippen molar-refractivity contribution in [1.82, 2.24) is 9.21 Å². The van der Waals surface area contributed by atoms with Crippen molar-refractivity contribution in [2.45, 2.75) is 16.0 Å². The standard InChI is InChI=1S/C18H23N3O3S3/c1-14-3-8-18(26-14)27(23,24)21-11-9-20(10-12-21)13-17(22)19-15-4-6-16(25-2)7-5-15/h3-8H,9-13H2,1-2H3,(H,19,22). The zero-order chi connectivity index (χ0) is 19.4. The van der Waals surface area contributed by atoms with Crippen LogP contribution in [-0.2, 0) is 14.8 Å². The van der Waals surface area contributed by atoms with Crippen LogP contribution < -0.4 is 5.32 Å². The Kier molecular flexibility index (Phi) is 6.59. The Morgan fingerprint density at radius 3 is 2.33 bits per heavy atom. The zero-order valence-corrected chi connectivity index (χ0v) is 17.8. The third kappa shape index (κ3) is 5.11. The minimum atomic E-state index is -3.43. The summed E-state index contributed by atoms with van der Waals surface area (Å²) < 4.78 is 27.2. The number of hydrogen-bond donors (Lipinski definition) is 1. The van der Waals surface area contributed by atoms with E-state index in [9.17, 15) is 13.2 Å². The van der Waals surface area contributed by atoms with Crippen LogP contribution >= 0.6 is 23.1 Å². The van der Waals surface area contributed by atoms with Crippen LogP contribution in [0.5, 0.6) is 0 Å². The molecule has 1 aromatic heterocycles. The van der Waals surface area contributed by atoms with Gasteiger partial charge in [-0.25, -0.2) is 8.42 Å². The Bertz CT molecular complexity index is 886. The van der Waals surface area contributed by atoms with E-state index in [1.807, 2.05) is 48.4 Å². The van der Waals surface area contributed by atoms with Crippen LogP contribution in [0, 0.1) is 6.92 Å². The summed E-state index contributed by atoms with van der Waals surface area (Å²) in [5, 5.41) is 2.89. The molecule has 0 saturated carbocycles. The van der Waals surface area contributed by atoms with Gasteiger partial charge in [-0.15, -0.1) is 23.1 Å². The molecule has 1 N–H and O–H groups in total. The van der Waals surface area contributed by atoms with Crippen LogP contribution in [0.2, 0.25) is 0 Å². The summed E-state index contributed by atoms with van der Waals surface area (Å²) in [6.45, 7) is 4.04. The van der Waals surface area contributed by atoms with Gasteiger partial charge in [-0.1, -0.05) is 0 Å². The van der Waals surface area contributed by atoms with Crippen LogP contribution in [-0.4, -0.2) is 62.5 Å². The van der Waals surface area contributed by atoms with Crippen molar-refractivity contribution in [3.8, 4) is 0 Å². The van der Waals surface area contributed by atoms with Crippen molar-refractivity contribution in [3.05, 3.63) is 41.3 Å². The summed E-state index contributed by atoms with van der Waals surface area (Å²) in [5.74, 6) is -0.0860. The van der Waals surface area contributed by atoms with Crippen molar-refractivity contribution in [2.24, 2.45) is 0 Å². The number of aryl methyl sites for hydroxylation is 1. The normalized spacial score (nSPS) is 16.4. The summed E-state index contributed by atoms with van der Waals surface area (Å²) in [7, 11) is -3.43. The maximum atomic E-state index is 12.7. The predicted molar refractivity (Wildman–Crippen MR) is 111 cm³/mol. The Morgan fingerprint density at radius 2 is 1.78 bits per heavy atom. The molecule has 1 aliphatic heterocycles. The van der Waals surface area contributed by atoms with Crippen LogP contribution in [0.4, 0.5) is 5.69 Å². The lowest BCUT2D eigenvalue weighted by atomic mass is 10.3. The lowest BCUT2D eigenvalue weighted by molar-refractivity contribution is -0.117. The molecule has 1 amide bonds. The summed E-state index contributed by atoms with van der Waals surface area (Å²) >= 11 is 2.95. The van der Waals surface area contributed by atoms with Gasteiger partial charge in [-0.2, -0.15) is 4.31 Å². The molecule has 1 aliphatic rings. The summed E-state index contributed by atoms with van der Waals surface area (Å²) in [6, 6.07) is 11.2. The fraction of sp³-hybridized carbons (Fsp3) is 0.389. The second kappa shape index (κ2) is 8.74. The lowest BCUT2D eigenvalue weighted by Crippen LogP contribution is -2.50. The molecular weight excluding hydrogens is 402 g/mol. The van der Waals surface area contributed by atoms with Gasteiger partial charge >= 0.3 is 0 Å². The molecular formula is C18H23N3O3S3. The number of benzene rings is 1. The van der Waals surface area contributed by atoms with Gasteiger partial charge in [0.1, 0.15) is 4.21 Å². The highest BCUT2D eigenvalue weighted by molar-refractivity contribution is 7.98. The molecule has 0 unspecified atom stereocenters. The van der Waals surface area contributed by atoms with Crippen LogP contribution in [0.3, 0.4) is 0 Å². The largest absolute Gasteiger partial charge is 0.325 e. The van der Waals surface area contributed by atoms with E-state index in [0.29, 0.717) is 30.4 Å². The molecule has 2 aromatic rings. The van der Waals surface area contributed by atoms with Crippen molar-refractivity contribution in [1.29, 1.82) is 0 Å². The van der Waals surface area contributed by atoms with E-state index < -0.39 is 10.0 Å². The Labute approximate surface area is 168 Å². The van der Waals surface area contributed by atoms with Gasteiger partial charge in [0.15, 0.2) is 0 Å². The van der Waals surface area contributed by atoms with Crippen LogP contribution in [0.1, 0.15) is 4.88 Å². The number of hydrogen-bond acceptors (Lipinski definition) is 6. The van der Waals surface area contributed by atoms with E-state index in [0.717, 1.165) is 15.5 Å². The Balaban J connectivity index is 1.50. The molecule has 1 aromatic carbocycles. The quantitative estimate of drug-likeness (QED) is 0.721. The number of anilines is 1. The first kappa shape index (κ1) is 20.3.